The molecule has 144 valence electrons. The minimum Gasteiger partial charge on any atom is -0.484 e. The number of rotatable bonds is 6. The van der Waals surface area contributed by atoms with Crippen LogP contribution in [0.25, 0.3) is 0 Å². The molecule has 2 amide bonds. The molecule has 0 saturated carbocycles. The zero-order valence-electron chi connectivity index (χ0n) is 16.1. The summed E-state index contributed by atoms with van der Waals surface area (Å²) >= 11 is 3.38. The fourth-order valence-corrected chi connectivity index (χ4v) is 2.87. The first kappa shape index (κ1) is 21.0. The van der Waals surface area contributed by atoms with Crippen LogP contribution < -0.4 is 15.4 Å². The fourth-order valence-electron chi connectivity index (χ4n) is 2.39. The third-order valence-corrected chi connectivity index (χ3v) is 4.49. The van der Waals surface area contributed by atoms with Crippen LogP contribution in [0.4, 0.5) is 5.69 Å². The molecule has 2 aromatic carbocycles. The Morgan fingerprint density at radius 1 is 1.04 bits per heavy atom. The summed E-state index contributed by atoms with van der Waals surface area (Å²) in [6.45, 7) is 8.06. The van der Waals surface area contributed by atoms with E-state index in [1.54, 1.807) is 0 Å². The van der Waals surface area contributed by atoms with Crippen molar-refractivity contribution in [3.63, 3.8) is 0 Å². The van der Waals surface area contributed by atoms with Crippen molar-refractivity contribution in [2.45, 2.75) is 33.1 Å². The average molecular weight is 433 g/mol. The molecular weight excluding hydrogens is 408 g/mol. The van der Waals surface area contributed by atoms with Gasteiger partial charge in [0.1, 0.15) is 5.75 Å². The number of hydrogen-bond acceptors (Lipinski definition) is 3. The summed E-state index contributed by atoms with van der Waals surface area (Å²) in [6.07, 6.45) is 0. The summed E-state index contributed by atoms with van der Waals surface area (Å²) in [7, 11) is 0. The number of carbonyl (C=O) groups excluding carboxylic acids is 2. The third kappa shape index (κ3) is 6.71. The van der Waals surface area contributed by atoms with Gasteiger partial charge < -0.3 is 15.4 Å². The topological polar surface area (TPSA) is 67.4 Å². The number of anilines is 1. The lowest BCUT2D eigenvalue weighted by Gasteiger charge is -2.19. The molecule has 0 fully saturated rings. The van der Waals surface area contributed by atoms with Crippen molar-refractivity contribution in [3.8, 4) is 5.75 Å². The maximum atomic E-state index is 12.0. The van der Waals surface area contributed by atoms with Crippen molar-refractivity contribution in [1.82, 2.24) is 5.32 Å². The second-order valence-corrected chi connectivity index (χ2v) is 8.26. The summed E-state index contributed by atoms with van der Waals surface area (Å²) < 4.78 is 6.41. The van der Waals surface area contributed by atoms with Crippen LogP contribution in [0.5, 0.6) is 5.75 Å². The molecule has 0 unspecified atom stereocenters. The fraction of sp³-hybridized carbons (Fsp3) is 0.333. The van der Waals surface area contributed by atoms with Crippen LogP contribution in [-0.2, 0) is 15.0 Å². The van der Waals surface area contributed by atoms with Crippen LogP contribution in [0.3, 0.4) is 0 Å². The number of aryl methyl sites for hydroxylation is 1. The molecule has 0 atom stereocenters. The summed E-state index contributed by atoms with van der Waals surface area (Å²) in [6, 6.07) is 13.2. The number of ether oxygens (including phenoxy) is 1. The Kier molecular flexibility index (Phi) is 7.02. The Hall–Kier alpha value is -2.34. The van der Waals surface area contributed by atoms with Gasteiger partial charge in [-0.2, -0.15) is 0 Å². The highest BCUT2D eigenvalue weighted by molar-refractivity contribution is 9.10. The third-order valence-electron chi connectivity index (χ3n) is 4.00. The molecule has 0 aromatic heterocycles. The Morgan fingerprint density at radius 3 is 2.30 bits per heavy atom. The molecule has 0 bridgehead atoms. The number of amides is 2. The minimum absolute atomic E-state index is 0.0659. The molecule has 2 rings (SSSR count). The van der Waals surface area contributed by atoms with E-state index in [2.05, 4.69) is 47.3 Å². The van der Waals surface area contributed by atoms with E-state index in [0.717, 1.165) is 10.0 Å². The average Bonchev–Trinajstić information content (AvgIpc) is 2.60. The summed E-state index contributed by atoms with van der Waals surface area (Å²) in [5.41, 5.74) is 2.91. The normalized spacial score (nSPS) is 11.0. The Labute approximate surface area is 168 Å². The summed E-state index contributed by atoms with van der Waals surface area (Å²) in [4.78, 5) is 23.9. The van der Waals surface area contributed by atoms with E-state index < -0.39 is 0 Å². The van der Waals surface area contributed by atoms with Crippen LogP contribution >= 0.6 is 15.9 Å². The Bertz CT molecular complexity index is 811. The van der Waals surface area contributed by atoms with Gasteiger partial charge in [-0.3, -0.25) is 9.59 Å². The highest BCUT2D eigenvalue weighted by Gasteiger charge is 2.13. The van der Waals surface area contributed by atoms with E-state index in [1.807, 2.05) is 49.4 Å². The predicted octanol–water partition coefficient (Wildman–Crippen LogP) is 4.19. The predicted molar refractivity (Wildman–Crippen MR) is 111 cm³/mol. The molecule has 0 radical (unpaired) electrons. The van der Waals surface area contributed by atoms with E-state index in [1.165, 1.54) is 5.56 Å². The van der Waals surface area contributed by atoms with Gasteiger partial charge in [0, 0.05) is 10.2 Å². The first-order valence-electron chi connectivity index (χ1n) is 8.71. The molecule has 0 saturated heterocycles. The molecule has 2 N–H and O–H groups in total. The second-order valence-electron chi connectivity index (χ2n) is 7.35. The van der Waals surface area contributed by atoms with E-state index in [0.29, 0.717) is 11.4 Å². The van der Waals surface area contributed by atoms with Gasteiger partial charge in [0.15, 0.2) is 6.61 Å². The lowest BCUT2D eigenvalue weighted by molar-refractivity contribution is -0.125. The van der Waals surface area contributed by atoms with E-state index in [9.17, 15) is 9.59 Å². The van der Waals surface area contributed by atoms with Gasteiger partial charge in [0.25, 0.3) is 5.91 Å². The van der Waals surface area contributed by atoms with Gasteiger partial charge in [-0.1, -0.05) is 48.8 Å². The maximum absolute atomic E-state index is 12.0. The van der Waals surface area contributed by atoms with Crippen LogP contribution in [0.15, 0.2) is 46.9 Å². The van der Waals surface area contributed by atoms with Crippen molar-refractivity contribution < 1.29 is 14.3 Å². The Balaban J connectivity index is 1.76. The first-order valence-corrected chi connectivity index (χ1v) is 9.50. The number of hydrogen-bond donors (Lipinski definition) is 2. The summed E-state index contributed by atoms with van der Waals surface area (Å²) in [5.74, 6) is -0.0195. The molecular formula is C21H25BrN2O3. The van der Waals surface area contributed by atoms with Gasteiger partial charge in [-0.25, -0.2) is 0 Å². The number of nitrogens with one attached hydrogen (secondary N) is 2. The van der Waals surface area contributed by atoms with Crippen molar-refractivity contribution in [2.75, 3.05) is 18.5 Å². The van der Waals surface area contributed by atoms with Crippen LogP contribution in [-0.4, -0.2) is 25.0 Å². The first-order chi connectivity index (χ1) is 12.6. The van der Waals surface area contributed by atoms with Crippen molar-refractivity contribution in [2.24, 2.45) is 0 Å². The SMILES string of the molecule is Cc1cc(Br)ccc1NC(=O)CNC(=O)COc1ccc(C(C)(C)C)cc1. The van der Waals surface area contributed by atoms with Gasteiger partial charge in [0.05, 0.1) is 6.54 Å². The lowest BCUT2D eigenvalue weighted by atomic mass is 9.87. The van der Waals surface area contributed by atoms with Crippen LogP contribution in [0.1, 0.15) is 31.9 Å². The van der Waals surface area contributed by atoms with Gasteiger partial charge in [-0.15, -0.1) is 0 Å². The minimum atomic E-state index is -0.349. The number of halogens is 1. The lowest BCUT2D eigenvalue weighted by Crippen LogP contribution is -2.35. The summed E-state index contributed by atoms with van der Waals surface area (Å²) in [5, 5.41) is 5.33. The molecule has 27 heavy (non-hydrogen) atoms. The number of carbonyl (C=O) groups is 2. The quantitative estimate of drug-likeness (QED) is 0.718. The monoisotopic (exact) mass is 432 g/mol. The van der Waals surface area contributed by atoms with Crippen LogP contribution in [0.2, 0.25) is 0 Å². The van der Waals surface area contributed by atoms with Crippen LogP contribution in [0, 0.1) is 6.92 Å². The van der Waals surface area contributed by atoms with E-state index in [4.69, 9.17) is 4.74 Å². The van der Waals surface area contributed by atoms with Gasteiger partial charge >= 0.3 is 0 Å². The molecule has 6 heteroatoms. The molecule has 0 aliphatic heterocycles. The smallest absolute Gasteiger partial charge is 0.258 e. The molecule has 0 aliphatic carbocycles. The zero-order valence-corrected chi connectivity index (χ0v) is 17.6. The van der Waals surface area contributed by atoms with Crippen molar-refractivity contribution in [1.29, 1.82) is 0 Å². The largest absolute Gasteiger partial charge is 0.484 e. The van der Waals surface area contributed by atoms with E-state index in [-0.39, 0.29) is 30.4 Å². The highest BCUT2D eigenvalue weighted by Crippen LogP contribution is 2.24. The van der Waals surface area contributed by atoms with E-state index >= 15 is 0 Å². The molecule has 5 nitrogen and oxygen atoms in total. The molecule has 0 spiro atoms. The molecule has 0 heterocycles. The maximum Gasteiger partial charge on any atom is 0.258 e. The second kappa shape index (κ2) is 9.04. The molecule has 0 aliphatic rings. The number of benzene rings is 2. The van der Waals surface area contributed by atoms with Gasteiger partial charge in [-0.05, 0) is 53.8 Å². The highest BCUT2D eigenvalue weighted by atomic mass is 79.9. The van der Waals surface area contributed by atoms with Crippen molar-refractivity contribution >= 4 is 33.4 Å². The Morgan fingerprint density at radius 2 is 1.70 bits per heavy atom. The standard InChI is InChI=1S/C21H25BrN2O3/c1-14-11-16(22)7-10-18(14)24-19(25)12-23-20(26)13-27-17-8-5-15(6-9-17)21(2,3)4/h5-11H,12-13H2,1-4H3,(H,23,26)(H,24,25). The zero-order chi connectivity index (χ0) is 20.0. The van der Waals surface area contributed by atoms with Crippen molar-refractivity contribution in [3.05, 3.63) is 58.1 Å². The van der Waals surface area contributed by atoms with Gasteiger partial charge in [0.2, 0.25) is 5.91 Å². The molecule has 2 aromatic rings.